The van der Waals surface area contributed by atoms with Gasteiger partial charge >= 0.3 is 5.97 Å². The monoisotopic (exact) mass is 387 g/mol. The van der Waals surface area contributed by atoms with E-state index in [9.17, 15) is 14.4 Å². The first kappa shape index (κ1) is 18.9. The lowest BCUT2D eigenvalue weighted by Gasteiger charge is -2.14. The van der Waals surface area contributed by atoms with Crippen molar-refractivity contribution in [1.82, 2.24) is 4.90 Å². The summed E-state index contributed by atoms with van der Waals surface area (Å²) < 4.78 is 10.4. The quantitative estimate of drug-likeness (QED) is 0.561. The molecule has 0 spiro atoms. The van der Waals surface area contributed by atoms with Gasteiger partial charge in [0.1, 0.15) is 12.4 Å². The molecule has 1 heterocycles. The molecule has 6 nitrogen and oxygen atoms in total. The molecular weight excluding hydrogens is 370 g/mol. The van der Waals surface area contributed by atoms with Crippen molar-refractivity contribution < 1.29 is 23.9 Å². The van der Waals surface area contributed by atoms with E-state index in [0.29, 0.717) is 27.5 Å². The Labute approximate surface area is 161 Å². The van der Waals surface area contributed by atoms with Crippen LogP contribution in [0.4, 0.5) is 0 Å². The van der Waals surface area contributed by atoms with Crippen molar-refractivity contribution in [3.05, 3.63) is 63.7 Å². The molecule has 2 amide bonds. The minimum atomic E-state index is -0.523. The fourth-order valence-electron chi connectivity index (χ4n) is 2.90. The number of halogens is 1. The Morgan fingerprint density at radius 2 is 1.81 bits per heavy atom. The number of ether oxygens (including phenoxy) is 2. The number of esters is 1. The van der Waals surface area contributed by atoms with Crippen LogP contribution in [0.15, 0.2) is 36.4 Å². The highest BCUT2D eigenvalue weighted by atomic mass is 35.5. The van der Waals surface area contributed by atoms with Crippen molar-refractivity contribution in [1.29, 1.82) is 0 Å². The van der Waals surface area contributed by atoms with Crippen LogP contribution < -0.4 is 4.74 Å². The van der Waals surface area contributed by atoms with Gasteiger partial charge in [-0.25, -0.2) is 0 Å². The van der Waals surface area contributed by atoms with Gasteiger partial charge in [0.25, 0.3) is 11.8 Å². The minimum absolute atomic E-state index is 0.0100. The summed E-state index contributed by atoms with van der Waals surface area (Å²) in [5, 5.41) is 0.503. The number of carbonyl (C=O) groups excluding carboxylic acids is 3. The SMILES string of the molecule is COc1ccc(Cl)cc1COC(=O)CCN1C(=O)c2ccc(C)cc2C1=O. The Morgan fingerprint density at radius 1 is 1.07 bits per heavy atom. The van der Waals surface area contributed by atoms with Gasteiger partial charge in [-0.2, -0.15) is 0 Å². The standard InChI is InChI=1S/C20H18ClNO5/c1-12-3-5-15-16(9-12)20(25)22(19(15)24)8-7-18(23)27-11-13-10-14(21)4-6-17(13)26-2/h3-6,9-10H,7-8,11H2,1-2H3. The van der Waals surface area contributed by atoms with Gasteiger partial charge in [-0.05, 0) is 37.3 Å². The smallest absolute Gasteiger partial charge is 0.307 e. The summed E-state index contributed by atoms with van der Waals surface area (Å²) in [5.41, 5.74) is 2.26. The summed E-state index contributed by atoms with van der Waals surface area (Å²) in [5.74, 6) is -0.741. The van der Waals surface area contributed by atoms with Crippen LogP contribution in [-0.2, 0) is 16.1 Å². The summed E-state index contributed by atoms with van der Waals surface area (Å²) in [6.45, 7) is 1.81. The highest BCUT2D eigenvalue weighted by Gasteiger charge is 2.35. The first-order chi connectivity index (χ1) is 12.9. The molecule has 0 atom stereocenters. The summed E-state index contributed by atoms with van der Waals surface area (Å²) >= 11 is 5.95. The molecule has 27 heavy (non-hydrogen) atoms. The second-order valence-electron chi connectivity index (χ2n) is 6.18. The molecule has 1 aliphatic rings. The largest absolute Gasteiger partial charge is 0.496 e. The number of imide groups is 1. The molecule has 0 saturated heterocycles. The van der Waals surface area contributed by atoms with E-state index in [1.54, 1.807) is 36.4 Å². The van der Waals surface area contributed by atoms with E-state index in [-0.39, 0.29) is 31.4 Å². The maximum Gasteiger partial charge on any atom is 0.307 e. The average Bonchev–Trinajstić information content (AvgIpc) is 2.88. The Morgan fingerprint density at radius 3 is 2.56 bits per heavy atom. The van der Waals surface area contributed by atoms with Crippen LogP contribution in [0.1, 0.15) is 38.3 Å². The number of amides is 2. The summed E-state index contributed by atoms with van der Waals surface area (Å²) in [7, 11) is 1.51. The molecular formula is C20H18ClNO5. The molecule has 0 saturated carbocycles. The van der Waals surface area contributed by atoms with Gasteiger partial charge in [0.2, 0.25) is 0 Å². The van der Waals surface area contributed by atoms with Crippen molar-refractivity contribution in [2.45, 2.75) is 20.0 Å². The molecule has 0 radical (unpaired) electrons. The van der Waals surface area contributed by atoms with Crippen LogP contribution in [0.2, 0.25) is 5.02 Å². The molecule has 7 heteroatoms. The molecule has 0 fully saturated rings. The van der Waals surface area contributed by atoms with Crippen LogP contribution in [-0.4, -0.2) is 36.3 Å². The fourth-order valence-corrected chi connectivity index (χ4v) is 3.10. The van der Waals surface area contributed by atoms with E-state index in [2.05, 4.69) is 0 Å². The predicted octanol–water partition coefficient (Wildman–Crippen LogP) is 3.39. The number of hydrogen-bond acceptors (Lipinski definition) is 5. The molecule has 140 valence electrons. The van der Waals surface area contributed by atoms with Gasteiger partial charge in [0.15, 0.2) is 0 Å². The molecule has 1 aliphatic heterocycles. The minimum Gasteiger partial charge on any atom is -0.496 e. The maximum absolute atomic E-state index is 12.4. The van der Waals surface area contributed by atoms with Crippen molar-refractivity contribution in [2.75, 3.05) is 13.7 Å². The van der Waals surface area contributed by atoms with Crippen LogP contribution >= 0.6 is 11.6 Å². The number of methoxy groups -OCH3 is 1. The number of benzene rings is 2. The van der Waals surface area contributed by atoms with E-state index >= 15 is 0 Å². The normalized spacial score (nSPS) is 12.9. The van der Waals surface area contributed by atoms with E-state index in [0.717, 1.165) is 10.5 Å². The first-order valence-corrected chi connectivity index (χ1v) is 8.73. The lowest BCUT2D eigenvalue weighted by Crippen LogP contribution is -2.32. The molecule has 0 N–H and O–H groups in total. The van der Waals surface area contributed by atoms with Crippen LogP contribution in [0, 0.1) is 6.92 Å². The number of aryl methyl sites for hydroxylation is 1. The summed E-state index contributed by atoms with van der Waals surface area (Å²) in [6.07, 6.45) is -0.0899. The predicted molar refractivity (Wildman–Crippen MR) is 99.0 cm³/mol. The Bertz CT molecular complexity index is 925. The topological polar surface area (TPSA) is 72.9 Å². The van der Waals surface area contributed by atoms with Crippen molar-refractivity contribution in [2.24, 2.45) is 0 Å². The molecule has 0 aliphatic carbocycles. The van der Waals surface area contributed by atoms with Gasteiger partial charge in [-0.3, -0.25) is 19.3 Å². The molecule has 0 unspecified atom stereocenters. The average molecular weight is 388 g/mol. The third-order valence-electron chi connectivity index (χ3n) is 4.30. The Balaban J connectivity index is 1.58. The van der Waals surface area contributed by atoms with Crippen molar-refractivity contribution >= 4 is 29.4 Å². The molecule has 3 rings (SSSR count). The second-order valence-corrected chi connectivity index (χ2v) is 6.61. The van der Waals surface area contributed by atoms with Gasteiger partial charge in [-0.15, -0.1) is 0 Å². The number of carbonyl (C=O) groups is 3. The highest BCUT2D eigenvalue weighted by Crippen LogP contribution is 2.25. The summed E-state index contributed by atoms with van der Waals surface area (Å²) in [4.78, 5) is 37.9. The fraction of sp³-hybridized carbons (Fsp3) is 0.250. The van der Waals surface area contributed by atoms with Crippen molar-refractivity contribution in [3.8, 4) is 5.75 Å². The van der Waals surface area contributed by atoms with Gasteiger partial charge in [0, 0.05) is 17.1 Å². The lowest BCUT2D eigenvalue weighted by molar-refractivity contribution is -0.145. The van der Waals surface area contributed by atoms with E-state index in [1.807, 2.05) is 6.92 Å². The highest BCUT2D eigenvalue weighted by molar-refractivity contribution is 6.30. The first-order valence-electron chi connectivity index (χ1n) is 8.35. The maximum atomic E-state index is 12.4. The molecule has 0 aromatic heterocycles. The molecule has 0 bridgehead atoms. The second kappa shape index (κ2) is 7.80. The van der Waals surface area contributed by atoms with Gasteiger partial charge < -0.3 is 9.47 Å². The van der Waals surface area contributed by atoms with Gasteiger partial charge in [-0.1, -0.05) is 23.2 Å². The Hall–Kier alpha value is -2.86. The van der Waals surface area contributed by atoms with Crippen LogP contribution in [0.25, 0.3) is 0 Å². The number of fused-ring (bicyclic) bond motifs is 1. The number of rotatable bonds is 6. The number of nitrogens with zero attached hydrogens (tertiary/aromatic N) is 1. The van der Waals surface area contributed by atoms with E-state index < -0.39 is 5.97 Å². The lowest BCUT2D eigenvalue weighted by atomic mass is 10.1. The van der Waals surface area contributed by atoms with Gasteiger partial charge in [0.05, 0.1) is 24.7 Å². The van der Waals surface area contributed by atoms with E-state index in [1.165, 1.54) is 7.11 Å². The van der Waals surface area contributed by atoms with Crippen LogP contribution in [0.3, 0.4) is 0 Å². The Kier molecular flexibility index (Phi) is 5.46. The molecule has 2 aromatic carbocycles. The molecule has 2 aromatic rings. The summed E-state index contributed by atoms with van der Waals surface area (Å²) in [6, 6.07) is 10.1. The van der Waals surface area contributed by atoms with E-state index in [4.69, 9.17) is 21.1 Å². The van der Waals surface area contributed by atoms with Crippen molar-refractivity contribution in [3.63, 3.8) is 0 Å². The number of hydrogen-bond donors (Lipinski definition) is 0. The third-order valence-corrected chi connectivity index (χ3v) is 4.53. The zero-order valence-electron chi connectivity index (χ0n) is 15.0. The zero-order valence-corrected chi connectivity index (χ0v) is 15.7. The zero-order chi connectivity index (χ0) is 19.6. The van der Waals surface area contributed by atoms with Crippen LogP contribution in [0.5, 0.6) is 5.75 Å². The third kappa shape index (κ3) is 3.95.